The van der Waals surface area contributed by atoms with Crippen LogP contribution in [0.1, 0.15) is 12.8 Å². The van der Waals surface area contributed by atoms with Gasteiger partial charge in [0, 0.05) is 12.1 Å². The Morgan fingerprint density at radius 3 is 1.00 bits per heavy atom. The molecule has 4 atom stereocenters. The van der Waals surface area contributed by atoms with Crippen LogP contribution in [0, 0.1) is 0 Å². The lowest BCUT2D eigenvalue weighted by molar-refractivity contribution is 0.0757. The summed E-state index contributed by atoms with van der Waals surface area (Å²) in [5, 5.41) is 50.7. The van der Waals surface area contributed by atoms with E-state index in [0.717, 1.165) is 0 Å². The van der Waals surface area contributed by atoms with Gasteiger partial charge in [0.1, 0.15) is 0 Å². The van der Waals surface area contributed by atoms with Crippen molar-refractivity contribution in [3.63, 3.8) is 0 Å². The summed E-state index contributed by atoms with van der Waals surface area (Å²) in [4.78, 5) is 0. The van der Waals surface area contributed by atoms with Gasteiger partial charge in [-0.25, -0.2) is 0 Å². The Balaban J connectivity index is -0.000000116. The van der Waals surface area contributed by atoms with Crippen LogP contribution in [0.25, 0.3) is 0 Å². The SMILES string of the molecule is Cl.Cl.NC(CO)CC(O)CO.NC(CO)CC(O)CO. The van der Waals surface area contributed by atoms with E-state index >= 15 is 0 Å². The van der Waals surface area contributed by atoms with E-state index in [1.54, 1.807) is 0 Å². The van der Waals surface area contributed by atoms with Gasteiger partial charge in [0.2, 0.25) is 0 Å². The van der Waals surface area contributed by atoms with E-state index in [2.05, 4.69) is 0 Å². The number of nitrogens with two attached hydrogens (primary N) is 2. The maximum absolute atomic E-state index is 8.72. The van der Waals surface area contributed by atoms with Gasteiger partial charge in [-0.15, -0.1) is 24.8 Å². The third-order valence-electron chi connectivity index (χ3n) is 2.04. The van der Waals surface area contributed by atoms with Crippen molar-refractivity contribution in [1.29, 1.82) is 0 Å². The Kier molecular flexibility index (Phi) is 27.4. The number of aliphatic hydroxyl groups is 6. The molecule has 0 amide bonds. The minimum Gasteiger partial charge on any atom is -0.395 e. The normalized spacial score (nSPS) is 15.6. The monoisotopic (exact) mass is 342 g/mol. The second-order valence-electron chi connectivity index (χ2n) is 4.03. The van der Waals surface area contributed by atoms with Crippen molar-refractivity contribution in [1.82, 2.24) is 0 Å². The second-order valence-corrected chi connectivity index (χ2v) is 4.03. The first kappa shape index (κ1) is 28.4. The van der Waals surface area contributed by atoms with Crippen molar-refractivity contribution in [2.75, 3.05) is 26.4 Å². The molecular formula is C10H28Cl2N2O6. The molecule has 128 valence electrons. The molecule has 0 bridgehead atoms. The molecule has 0 aliphatic heterocycles. The lowest BCUT2D eigenvalue weighted by Crippen LogP contribution is -2.30. The maximum Gasteiger partial charge on any atom is 0.0786 e. The van der Waals surface area contributed by atoms with Crippen molar-refractivity contribution in [3.8, 4) is 0 Å². The van der Waals surface area contributed by atoms with Crippen molar-refractivity contribution >= 4 is 24.8 Å². The lowest BCUT2D eigenvalue weighted by atomic mass is 10.1. The summed E-state index contributed by atoms with van der Waals surface area (Å²) in [6.45, 7) is -0.907. The molecule has 4 unspecified atom stereocenters. The van der Waals surface area contributed by atoms with Crippen LogP contribution in [-0.2, 0) is 0 Å². The highest BCUT2D eigenvalue weighted by Crippen LogP contribution is 1.93. The molecule has 0 saturated heterocycles. The first-order valence-electron chi connectivity index (χ1n) is 5.71. The largest absolute Gasteiger partial charge is 0.395 e. The van der Waals surface area contributed by atoms with Gasteiger partial charge in [-0.3, -0.25) is 0 Å². The molecule has 0 rings (SSSR count). The highest BCUT2D eigenvalue weighted by atomic mass is 35.5. The average molecular weight is 343 g/mol. The standard InChI is InChI=1S/2C5H13NO3.2ClH/c2*6-4(2-7)1-5(9)3-8;;/h2*4-5,7-9H,1-3,6H2;2*1H. The molecule has 0 aliphatic carbocycles. The topological polar surface area (TPSA) is 173 Å². The smallest absolute Gasteiger partial charge is 0.0786 e. The van der Waals surface area contributed by atoms with E-state index in [4.69, 9.17) is 42.1 Å². The van der Waals surface area contributed by atoms with Crippen molar-refractivity contribution in [3.05, 3.63) is 0 Å². The lowest BCUT2D eigenvalue weighted by Gasteiger charge is -2.10. The van der Waals surface area contributed by atoms with Gasteiger partial charge in [-0.1, -0.05) is 0 Å². The Hall–Kier alpha value is 0.260. The van der Waals surface area contributed by atoms with Crippen LogP contribution in [0.5, 0.6) is 0 Å². The highest BCUT2D eigenvalue weighted by Gasteiger charge is 2.07. The summed E-state index contributed by atoms with van der Waals surface area (Å²) in [6, 6.07) is -0.848. The molecule has 0 aliphatic rings. The van der Waals surface area contributed by atoms with Crippen molar-refractivity contribution < 1.29 is 30.6 Å². The van der Waals surface area contributed by atoms with Gasteiger partial charge >= 0.3 is 0 Å². The van der Waals surface area contributed by atoms with E-state index in [1.807, 2.05) is 0 Å². The van der Waals surface area contributed by atoms with Crippen LogP contribution >= 0.6 is 24.8 Å². The first-order chi connectivity index (χ1) is 8.40. The molecule has 0 radical (unpaired) electrons. The van der Waals surface area contributed by atoms with Gasteiger partial charge in [0.15, 0.2) is 0 Å². The summed E-state index contributed by atoms with van der Waals surface area (Å²) in [6.07, 6.45) is -1.11. The van der Waals surface area contributed by atoms with Crippen LogP contribution in [0.3, 0.4) is 0 Å². The summed E-state index contributed by atoms with van der Waals surface area (Å²) in [5.74, 6) is 0. The van der Waals surface area contributed by atoms with Gasteiger partial charge in [0.05, 0.1) is 38.6 Å². The van der Waals surface area contributed by atoms with E-state index in [0.29, 0.717) is 0 Å². The number of hydrogen-bond acceptors (Lipinski definition) is 8. The quantitative estimate of drug-likeness (QED) is 0.229. The van der Waals surface area contributed by atoms with E-state index in [1.165, 1.54) is 0 Å². The predicted molar refractivity (Wildman–Crippen MR) is 80.0 cm³/mol. The fourth-order valence-electron chi connectivity index (χ4n) is 0.997. The molecule has 0 heterocycles. The summed E-state index contributed by atoms with van der Waals surface area (Å²) in [5.41, 5.74) is 10.5. The van der Waals surface area contributed by atoms with Gasteiger partial charge < -0.3 is 42.1 Å². The Bertz CT molecular complexity index is 150. The Morgan fingerprint density at radius 1 is 0.600 bits per heavy atom. The third kappa shape index (κ3) is 20.6. The first-order valence-corrected chi connectivity index (χ1v) is 5.71. The molecule has 0 aromatic carbocycles. The maximum atomic E-state index is 8.72. The zero-order valence-electron chi connectivity index (χ0n) is 11.2. The van der Waals surface area contributed by atoms with E-state index in [9.17, 15) is 0 Å². The molecule has 10 N–H and O–H groups in total. The van der Waals surface area contributed by atoms with Gasteiger partial charge in [0.25, 0.3) is 0 Å². The van der Waals surface area contributed by atoms with Crippen LogP contribution in [0.15, 0.2) is 0 Å². The van der Waals surface area contributed by atoms with Crippen molar-refractivity contribution in [2.24, 2.45) is 11.5 Å². The summed E-state index contributed by atoms with van der Waals surface area (Å²) in [7, 11) is 0. The Morgan fingerprint density at radius 2 is 0.850 bits per heavy atom. The fraction of sp³-hybridized carbons (Fsp3) is 1.00. The summed E-state index contributed by atoms with van der Waals surface area (Å²) >= 11 is 0. The Labute approximate surface area is 131 Å². The van der Waals surface area contributed by atoms with Crippen molar-refractivity contribution in [2.45, 2.75) is 37.1 Å². The number of rotatable bonds is 8. The second kappa shape index (κ2) is 19.3. The van der Waals surface area contributed by atoms with E-state index in [-0.39, 0.29) is 64.1 Å². The molecule has 0 spiro atoms. The number of halogens is 2. The molecule has 0 aromatic rings. The summed E-state index contributed by atoms with van der Waals surface area (Å²) < 4.78 is 0. The zero-order valence-corrected chi connectivity index (χ0v) is 12.8. The molecule has 0 fully saturated rings. The molecule has 0 saturated carbocycles. The van der Waals surface area contributed by atoms with Crippen LogP contribution in [0.4, 0.5) is 0 Å². The number of aliphatic hydroxyl groups excluding tert-OH is 6. The molecule has 8 nitrogen and oxygen atoms in total. The third-order valence-corrected chi connectivity index (χ3v) is 2.04. The molecule has 0 aromatic heterocycles. The van der Waals surface area contributed by atoms with Gasteiger partial charge in [-0.2, -0.15) is 0 Å². The van der Waals surface area contributed by atoms with Crippen LogP contribution < -0.4 is 11.5 Å². The molecule has 10 heteroatoms. The predicted octanol–water partition coefficient (Wildman–Crippen LogP) is -3.06. The van der Waals surface area contributed by atoms with Crippen LogP contribution in [-0.4, -0.2) is 81.4 Å². The minimum atomic E-state index is -0.799. The highest BCUT2D eigenvalue weighted by molar-refractivity contribution is 5.85. The minimum absolute atomic E-state index is 0. The zero-order chi connectivity index (χ0) is 14.6. The van der Waals surface area contributed by atoms with Crippen LogP contribution in [0.2, 0.25) is 0 Å². The molecular weight excluding hydrogens is 315 g/mol. The van der Waals surface area contributed by atoms with Gasteiger partial charge in [-0.05, 0) is 12.8 Å². The average Bonchev–Trinajstić information content (AvgIpc) is 2.38. The number of hydrogen-bond donors (Lipinski definition) is 8. The fourth-order valence-corrected chi connectivity index (χ4v) is 0.997. The molecule has 20 heavy (non-hydrogen) atoms. The van der Waals surface area contributed by atoms with E-state index < -0.39 is 24.3 Å².